The Kier molecular flexibility index (Phi) is 10.7. The molecule has 0 fully saturated rings. The molecule has 0 bridgehead atoms. The van der Waals surface area contributed by atoms with E-state index in [2.05, 4.69) is 5.32 Å². The van der Waals surface area contributed by atoms with E-state index in [1.54, 1.807) is 56.3 Å². The summed E-state index contributed by atoms with van der Waals surface area (Å²) in [5.74, 6) is -0.405. The smallest absolute Gasteiger partial charge is 0.264 e. The van der Waals surface area contributed by atoms with Gasteiger partial charge in [0.05, 0.1) is 24.8 Å². The first-order valence-electron chi connectivity index (χ1n) is 12.3. The molecule has 12 heteroatoms. The Morgan fingerprint density at radius 3 is 2.12 bits per heavy atom. The van der Waals surface area contributed by atoms with Gasteiger partial charge in [0.1, 0.15) is 12.6 Å². The fourth-order valence-electron chi connectivity index (χ4n) is 3.99. The third kappa shape index (κ3) is 6.99. The van der Waals surface area contributed by atoms with Gasteiger partial charge in [0, 0.05) is 34.8 Å². The Morgan fingerprint density at radius 2 is 1.55 bits per heavy atom. The summed E-state index contributed by atoms with van der Waals surface area (Å²) in [6, 6.07) is 16.2. The van der Waals surface area contributed by atoms with Crippen molar-refractivity contribution in [2.24, 2.45) is 0 Å². The van der Waals surface area contributed by atoms with Crippen molar-refractivity contribution in [1.29, 1.82) is 0 Å². The average molecular weight is 609 g/mol. The maximum atomic E-state index is 14.0. The monoisotopic (exact) mass is 607 g/mol. The number of likely N-dealkylation sites (N-methyl/N-ethyl adjacent to an activating group) is 1. The van der Waals surface area contributed by atoms with E-state index in [0.29, 0.717) is 27.9 Å². The Bertz CT molecular complexity index is 1430. The molecule has 3 rings (SSSR count). The van der Waals surface area contributed by atoms with E-state index in [1.807, 2.05) is 0 Å². The van der Waals surface area contributed by atoms with Crippen LogP contribution in [0.5, 0.6) is 11.5 Å². The van der Waals surface area contributed by atoms with Crippen molar-refractivity contribution in [2.75, 3.05) is 31.6 Å². The van der Waals surface area contributed by atoms with E-state index in [4.69, 9.17) is 32.7 Å². The predicted molar refractivity (Wildman–Crippen MR) is 156 cm³/mol. The number of methoxy groups -OCH3 is 2. The number of hydrogen-bond donors (Lipinski definition) is 1. The number of anilines is 1. The molecule has 0 aromatic heterocycles. The zero-order valence-corrected chi connectivity index (χ0v) is 24.9. The highest BCUT2D eigenvalue weighted by molar-refractivity contribution is 7.92. The summed E-state index contributed by atoms with van der Waals surface area (Å²) in [6.07, 6.45) is 0. The maximum absolute atomic E-state index is 14.0. The van der Waals surface area contributed by atoms with Crippen molar-refractivity contribution in [3.05, 3.63) is 82.3 Å². The van der Waals surface area contributed by atoms with Crippen molar-refractivity contribution in [3.8, 4) is 11.5 Å². The number of rotatable bonds is 12. The van der Waals surface area contributed by atoms with E-state index in [0.717, 1.165) is 4.31 Å². The molecular weight excluding hydrogens is 577 g/mol. The second-order valence-electron chi connectivity index (χ2n) is 8.66. The number of nitrogens with zero attached hydrogens (tertiary/aromatic N) is 2. The van der Waals surface area contributed by atoms with E-state index < -0.39 is 34.4 Å². The molecule has 0 saturated heterocycles. The lowest BCUT2D eigenvalue weighted by atomic mass is 10.1. The first-order valence-corrected chi connectivity index (χ1v) is 14.5. The minimum absolute atomic E-state index is 0.0185. The Labute approximate surface area is 244 Å². The summed E-state index contributed by atoms with van der Waals surface area (Å²) in [5.41, 5.74) is 0.593. The summed E-state index contributed by atoms with van der Waals surface area (Å²) in [4.78, 5) is 28.0. The number of hydrogen-bond acceptors (Lipinski definition) is 6. The number of halogens is 2. The third-order valence-corrected chi connectivity index (χ3v) is 8.67. The van der Waals surface area contributed by atoms with Crippen molar-refractivity contribution >= 4 is 50.7 Å². The van der Waals surface area contributed by atoms with Crippen LogP contribution in [0.2, 0.25) is 10.0 Å². The van der Waals surface area contributed by atoms with Gasteiger partial charge in [-0.05, 0) is 50.2 Å². The first kappa shape index (κ1) is 31.1. The molecule has 0 spiro atoms. The number of carbonyl (C=O) groups is 2. The molecular formula is C28H31Cl2N3O6S. The number of amides is 2. The van der Waals surface area contributed by atoms with Gasteiger partial charge in [0.25, 0.3) is 10.0 Å². The Balaban J connectivity index is 2.11. The van der Waals surface area contributed by atoms with Crippen LogP contribution in [-0.2, 0) is 26.2 Å². The van der Waals surface area contributed by atoms with Crippen molar-refractivity contribution < 1.29 is 27.5 Å². The summed E-state index contributed by atoms with van der Waals surface area (Å²) in [5, 5.41) is 3.32. The molecule has 0 saturated carbocycles. The van der Waals surface area contributed by atoms with Crippen LogP contribution in [0.3, 0.4) is 0 Å². The normalized spacial score (nSPS) is 11.8. The van der Waals surface area contributed by atoms with Gasteiger partial charge in [-0.25, -0.2) is 8.42 Å². The molecule has 1 N–H and O–H groups in total. The highest BCUT2D eigenvalue weighted by Crippen LogP contribution is 2.34. The van der Waals surface area contributed by atoms with Gasteiger partial charge in [-0.3, -0.25) is 13.9 Å². The van der Waals surface area contributed by atoms with E-state index in [-0.39, 0.29) is 22.9 Å². The zero-order chi connectivity index (χ0) is 29.4. The fraction of sp³-hybridized carbons (Fsp3) is 0.286. The fourth-order valence-corrected chi connectivity index (χ4v) is 5.93. The van der Waals surface area contributed by atoms with Crippen molar-refractivity contribution in [3.63, 3.8) is 0 Å². The molecule has 0 radical (unpaired) electrons. The number of nitrogens with one attached hydrogen (secondary N) is 1. The number of sulfonamides is 1. The van der Waals surface area contributed by atoms with E-state index >= 15 is 0 Å². The lowest BCUT2D eigenvalue weighted by Gasteiger charge is -2.32. The molecule has 9 nitrogen and oxygen atoms in total. The minimum atomic E-state index is -4.24. The zero-order valence-electron chi connectivity index (χ0n) is 22.6. The average Bonchev–Trinajstić information content (AvgIpc) is 2.95. The topological polar surface area (TPSA) is 105 Å². The van der Waals surface area contributed by atoms with Crippen LogP contribution < -0.4 is 19.1 Å². The highest BCUT2D eigenvalue weighted by Gasteiger charge is 2.33. The number of carbonyl (C=O) groups excluding carboxylic acids is 2. The Hall–Kier alpha value is -3.47. The second kappa shape index (κ2) is 13.7. The van der Waals surface area contributed by atoms with Gasteiger partial charge in [-0.1, -0.05) is 47.5 Å². The molecule has 214 valence electrons. The molecule has 0 aliphatic carbocycles. The SMILES string of the molecule is CCNC(=O)[C@@H](C)N(Cc1c(Cl)cccc1Cl)C(=O)CN(c1ccc(OC)c(OC)c1)S(=O)(=O)c1ccccc1. The minimum Gasteiger partial charge on any atom is -0.493 e. The lowest BCUT2D eigenvalue weighted by Crippen LogP contribution is -2.51. The van der Waals surface area contributed by atoms with Gasteiger partial charge in [-0.15, -0.1) is 0 Å². The van der Waals surface area contributed by atoms with E-state index in [1.165, 1.54) is 43.4 Å². The summed E-state index contributed by atoms with van der Waals surface area (Å²) in [6.45, 7) is 2.91. The van der Waals surface area contributed by atoms with Crippen LogP contribution >= 0.6 is 23.2 Å². The molecule has 40 heavy (non-hydrogen) atoms. The van der Waals surface area contributed by atoms with Crippen molar-refractivity contribution in [1.82, 2.24) is 10.2 Å². The van der Waals surface area contributed by atoms with Crippen LogP contribution in [-0.4, -0.2) is 58.5 Å². The largest absolute Gasteiger partial charge is 0.493 e. The van der Waals surface area contributed by atoms with Crippen LogP contribution in [0.1, 0.15) is 19.4 Å². The van der Waals surface area contributed by atoms with Crippen LogP contribution in [0, 0.1) is 0 Å². The second-order valence-corrected chi connectivity index (χ2v) is 11.3. The molecule has 3 aromatic carbocycles. The van der Waals surface area contributed by atoms with Crippen molar-refractivity contribution in [2.45, 2.75) is 31.3 Å². The molecule has 0 aliphatic heterocycles. The number of benzene rings is 3. The van der Waals surface area contributed by atoms with Gasteiger partial charge >= 0.3 is 0 Å². The quantitative estimate of drug-likeness (QED) is 0.318. The van der Waals surface area contributed by atoms with Crippen LogP contribution in [0.4, 0.5) is 5.69 Å². The molecule has 1 atom stereocenters. The molecule has 2 amide bonds. The molecule has 0 unspecified atom stereocenters. The summed E-state index contributed by atoms with van der Waals surface area (Å²) >= 11 is 12.8. The van der Waals surface area contributed by atoms with Crippen LogP contribution in [0.25, 0.3) is 0 Å². The molecule has 3 aromatic rings. The third-order valence-electron chi connectivity index (χ3n) is 6.17. The molecule has 0 aliphatic rings. The predicted octanol–water partition coefficient (Wildman–Crippen LogP) is 4.76. The van der Waals surface area contributed by atoms with Gasteiger partial charge < -0.3 is 19.7 Å². The lowest BCUT2D eigenvalue weighted by molar-refractivity contribution is -0.139. The number of ether oxygens (including phenoxy) is 2. The molecule has 0 heterocycles. The van der Waals surface area contributed by atoms with Gasteiger partial charge in [0.2, 0.25) is 11.8 Å². The highest BCUT2D eigenvalue weighted by atomic mass is 35.5. The maximum Gasteiger partial charge on any atom is 0.264 e. The standard InChI is InChI=1S/C28H31Cl2N3O6S/c1-5-31-28(35)19(2)32(17-22-23(29)12-9-13-24(22)30)27(34)18-33(40(36,37)21-10-7-6-8-11-21)20-14-15-25(38-3)26(16-20)39-4/h6-16,19H,5,17-18H2,1-4H3,(H,31,35)/t19-/m1/s1. The first-order chi connectivity index (χ1) is 19.0. The summed E-state index contributed by atoms with van der Waals surface area (Å²) < 4.78 is 39.4. The van der Waals surface area contributed by atoms with Crippen LogP contribution in [0.15, 0.2) is 71.6 Å². The Morgan fingerprint density at radius 1 is 0.925 bits per heavy atom. The summed E-state index contributed by atoms with van der Waals surface area (Å²) in [7, 11) is -1.35. The van der Waals surface area contributed by atoms with Gasteiger partial charge in [-0.2, -0.15) is 0 Å². The van der Waals surface area contributed by atoms with Gasteiger partial charge in [0.15, 0.2) is 11.5 Å². The van der Waals surface area contributed by atoms with E-state index in [9.17, 15) is 18.0 Å².